The second kappa shape index (κ2) is 5.81. The van der Waals surface area contributed by atoms with Crippen LogP contribution in [0.2, 0.25) is 0 Å². The van der Waals surface area contributed by atoms with Gasteiger partial charge in [-0.1, -0.05) is 20.8 Å². The number of primary sulfonamides is 1. The molecular formula is C14H23N3O3S. The van der Waals surface area contributed by atoms with Crippen molar-refractivity contribution in [3.05, 3.63) is 18.0 Å². The lowest BCUT2D eigenvalue weighted by atomic mass is 10.0. The molecule has 21 heavy (non-hydrogen) atoms. The number of sulfonamides is 1. The normalized spacial score (nSPS) is 17.0. The third-order valence-electron chi connectivity index (χ3n) is 3.89. The van der Waals surface area contributed by atoms with Crippen LogP contribution in [0.3, 0.4) is 0 Å². The summed E-state index contributed by atoms with van der Waals surface area (Å²) in [7, 11) is -3.79. The number of carbonyl (C=O) groups is 1. The molecule has 7 heteroatoms. The molecule has 0 aromatic carbocycles. The molecule has 1 aromatic heterocycles. The largest absolute Gasteiger partial charge is 0.348 e. The summed E-state index contributed by atoms with van der Waals surface area (Å²) in [6, 6.07) is 1.65. The van der Waals surface area contributed by atoms with Gasteiger partial charge in [-0.3, -0.25) is 4.79 Å². The van der Waals surface area contributed by atoms with Crippen molar-refractivity contribution in [1.29, 1.82) is 0 Å². The maximum Gasteiger partial charge on any atom is 0.268 e. The van der Waals surface area contributed by atoms with E-state index < -0.39 is 10.0 Å². The van der Waals surface area contributed by atoms with E-state index in [2.05, 4.69) is 5.32 Å². The summed E-state index contributed by atoms with van der Waals surface area (Å²) in [5, 5.41) is 8.14. The molecule has 6 nitrogen and oxygen atoms in total. The number of nitrogens with zero attached hydrogens (tertiary/aromatic N) is 1. The van der Waals surface area contributed by atoms with Crippen molar-refractivity contribution in [3.63, 3.8) is 0 Å². The lowest BCUT2D eigenvalue weighted by molar-refractivity contribution is 0.0915. The van der Waals surface area contributed by atoms with Gasteiger partial charge in [-0.05, 0) is 31.2 Å². The first-order chi connectivity index (χ1) is 9.74. The summed E-state index contributed by atoms with van der Waals surface area (Å²) in [5.74, 6) is 0.0818. The van der Waals surface area contributed by atoms with Crippen molar-refractivity contribution in [3.8, 4) is 0 Å². The Morgan fingerprint density at radius 3 is 2.52 bits per heavy atom. The zero-order valence-electron chi connectivity index (χ0n) is 12.7. The molecule has 1 aliphatic rings. The fourth-order valence-corrected chi connectivity index (χ4v) is 2.97. The summed E-state index contributed by atoms with van der Waals surface area (Å²) in [5.41, 5.74) is 0.376. The number of hydrogen-bond acceptors (Lipinski definition) is 3. The number of nitrogens with one attached hydrogen (secondary N) is 1. The average Bonchev–Trinajstić information content (AvgIpc) is 3.12. The van der Waals surface area contributed by atoms with Gasteiger partial charge in [-0.2, -0.15) is 0 Å². The Hall–Kier alpha value is -1.34. The third kappa shape index (κ3) is 3.65. The first-order valence-corrected chi connectivity index (χ1v) is 8.84. The number of amides is 1. The predicted octanol–water partition coefficient (Wildman–Crippen LogP) is 1.63. The van der Waals surface area contributed by atoms with Crippen molar-refractivity contribution in [1.82, 2.24) is 9.88 Å². The van der Waals surface area contributed by atoms with Gasteiger partial charge in [0.05, 0.1) is 0 Å². The second-order valence-corrected chi connectivity index (χ2v) is 7.54. The van der Waals surface area contributed by atoms with Crippen molar-refractivity contribution in [2.75, 3.05) is 0 Å². The zero-order chi connectivity index (χ0) is 15.8. The molecule has 2 rings (SSSR count). The molecule has 0 aliphatic heterocycles. The monoisotopic (exact) mass is 313 g/mol. The summed E-state index contributed by atoms with van der Waals surface area (Å²) in [6.07, 6.45) is 4.22. The van der Waals surface area contributed by atoms with E-state index in [0.29, 0.717) is 11.6 Å². The third-order valence-corrected chi connectivity index (χ3v) is 4.77. The maximum atomic E-state index is 12.4. The Morgan fingerprint density at radius 1 is 1.48 bits per heavy atom. The van der Waals surface area contributed by atoms with Crippen LogP contribution in [0.5, 0.6) is 0 Å². The summed E-state index contributed by atoms with van der Waals surface area (Å²) in [6.45, 7) is 6.11. The Kier molecular flexibility index (Phi) is 4.43. The first-order valence-electron chi connectivity index (χ1n) is 7.29. The summed E-state index contributed by atoms with van der Waals surface area (Å²) in [4.78, 5) is 12.4. The van der Waals surface area contributed by atoms with E-state index >= 15 is 0 Å². The van der Waals surface area contributed by atoms with Gasteiger partial charge in [0.15, 0.2) is 0 Å². The van der Waals surface area contributed by atoms with Gasteiger partial charge in [0.2, 0.25) is 10.0 Å². The van der Waals surface area contributed by atoms with Crippen LogP contribution in [0.1, 0.15) is 56.6 Å². The fraction of sp³-hybridized carbons (Fsp3) is 0.643. The molecule has 1 amide bonds. The van der Waals surface area contributed by atoms with Gasteiger partial charge >= 0.3 is 0 Å². The molecule has 1 fully saturated rings. The summed E-state index contributed by atoms with van der Waals surface area (Å²) < 4.78 is 24.7. The van der Waals surface area contributed by atoms with Gasteiger partial charge in [0.1, 0.15) is 10.6 Å². The molecule has 1 aliphatic carbocycles. The number of hydrogen-bond donors (Lipinski definition) is 2. The van der Waals surface area contributed by atoms with Gasteiger partial charge in [-0.25, -0.2) is 13.6 Å². The molecule has 1 heterocycles. The zero-order valence-corrected chi connectivity index (χ0v) is 13.5. The van der Waals surface area contributed by atoms with Gasteiger partial charge < -0.3 is 9.88 Å². The van der Waals surface area contributed by atoms with E-state index in [0.717, 1.165) is 19.3 Å². The molecule has 0 saturated heterocycles. The van der Waals surface area contributed by atoms with E-state index in [4.69, 9.17) is 5.14 Å². The lowest BCUT2D eigenvalue weighted by Crippen LogP contribution is -2.38. The number of carbonyl (C=O) groups excluding carboxylic acids is 1. The molecule has 1 aromatic rings. The van der Waals surface area contributed by atoms with Crippen molar-refractivity contribution >= 4 is 15.9 Å². The lowest BCUT2D eigenvalue weighted by Gasteiger charge is -2.21. The minimum absolute atomic E-state index is 0.00264. The van der Waals surface area contributed by atoms with Crippen LogP contribution in [-0.4, -0.2) is 24.9 Å². The highest BCUT2D eigenvalue weighted by atomic mass is 32.2. The number of aromatic nitrogens is 1. The highest BCUT2D eigenvalue weighted by Gasteiger charge is 2.30. The molecule has 1 unspecified atom stereocenters. The van der Waals surface area contributed by atoms with Crippen molar-refractivity contribution in [2.45, 2.75) is 57.0 Å². The highest BCUT2D eigenvalue weighted by Crippen LogP contribution is 2.37. The van der Waals surface area contributed by atoms with Gasteiger partial charge in [-0.15, -0.1) is 0 Å². The molecule has 0 bridgehead atoms. The van der Waals surface area contributed by atoms with E-state index in [1.54, 1.807) is 4.57 Å². The second-order valence-electron chi connectivity index (χ2n) is 5.98. The Balaban J connectivity index is 2.29. The number of nitrogens with two attached hydrogens (primary N) is 1. The average molecular weight is 313 g/mol. The Morgan fingerprint density at radius 2 is 2.10 bits per heavy atom. The first kappa shape index (κ1) is 16.0. The maximum absolute atomic E-state index is 12.4. The van der Waals surface area contributed by atoms with Crippen molar-refractivity contribution in [2.24, 2.45) is 11.1 Å². The van der Waals surface area contributed by atoms with Gasteiger partial charge in [0.25, 0.3) is 5.91 Å². The topological polar surface area (TPSA) is 94.2 Å². The van der Waals surface area contributed by atoms with E-state index in [-0.39, 0.29) is 22.9 Å². The van der Waals surface area contributed by atoms with Crippen LogP contribution < -0.4 is 10.5 Å². The van der Waals surface area contributed by atoms with E-state index in [1.807, 2.05) is 20.8 Å². The molecule has 1 atom stereocenters. The Bertz CT molecular complexity index is 630. The predicted molar refractivity (Wildman–Crippen MR) is 80.5 cm³/mol. The van der Waals surface area contributed by atoms with Crippen LogP contribution in [0.15, 0.2) is 17.2 Å². The highest BCUT2D eigenvalue weighted by molar-refractivity contribution is 7.89. The van der Waals surface area contributed by atoms with Crippen LogP contribution in [0.4, 0.5) is 0 Å². The minimum Gasteiger partial charge on any atom is -0.348 e. The van der Waals surface area contributed by atoms with Crippen LogP contribution in [-0.2, 0) is 10.0 Å². The minimum atomic E-state index is -3.79. The molecule has 0 radical (unpaired) electrons. The van der Waals surface area contributed by atoms with Crippen molar-refractivity contribution < 1.29 is 13.2 Å². The SMILES string of the molecule is CCC(NC(=O)c1cc(S(N)(=O)=O)cn1C1CC1)C(C)C. The molecule has 118 valence electrons. The van der Waals surface area contributed by atoms with E-state index in [9.17, 15) is 13.2 Å². The van der Waals surface area contributed by atoms with Crippen LogP contribution >= 0.6 is 0 Å². The smallest absolute Gasteiger partial charge is 0.268 e. The molecule has 1 saturated carbocycles. The molecule has 0 spiro atoms. The number of rotatable bonds is 6. The molecular weight excluding hydrogens is 290 g/mol. The van der Waals surface area contributed by atoms with Crippen LogP contribution in [0, 0.1) is 5.92 Å². The quantitative estimate of drug-likeness (QED) is 0.836. The van der Waals surface area contributed by atoms with Crippen LogP contribution in [0.25, 0.3) is 0 Å². The standard InChI is InChI=1S/C14H23N3O3S/c1-4-12(9(2)3)16-14(18)13-7-11(21(15,19)20)8-17(13)10-5-6-10/h7-10,12H,4-6H2,1-3H3,(H,16,18)(H2,15,19,20). The Labute approximate surface area is 125 Å². The summed E-state index contributed by atoms with van der Waals surface area (Å²) >= 11 is 0. The molecule has 3 N–H and O–H groups in total. The van der Waals surface area contributed by atoms with E-state index in [1.165, 1.54) is 12.3 Å². The van der Waals surface area contributed by atoms with Gasteiger partial charge in [0, 0.05) is 18.3 Å². The fourth-order valence-electron chi connectivity index (χ4n) is 2.43.